The van der Waals surface area contributed by atoms with Gasteiger partial charge < -0.3 is 30.7 Å². The van der Waals surface area contributed by atoms with Crippen molar-refractivity contribution in [3.63, 3.8) is 0 Å². The van der Waals surface area contributed by atoms with E-state index in [1.165, 1.54) is 7.11 Å². The van der Waals surface area contributed by atoms with Crippen molar-refractivity contribution in [3.8, 4) is 5.75 Å². The van der Waals surface area contributed by atoms with E-state index in [2.05, 4.69) is 5.32 Å². The standard InChI is InChI=1S/C18H22N2O5/c1-24-16-9-13(19)7-8-14(16)17(22)15(21)10-20-18(23)25-11-12-5-3-2-4-6-12/h2-9,15,17,21-22H,10-11,19H2,1H3,(H,20,23). The molecule has 0 aliphatic carbocycles. The van der Waals surface area contributed by atoms with Crippen molar-refractivity contribution in [2.45, 2.75) is 18.8 Å². The van der Waals surface area contributed by atoms with Gasteiger partial charge in [-0.05, 0) is 11.6 Å². The summed E-state index contributed by atoms with van der Waals surface area (Å²) < 4.78 is 10.2. The second-order valence-corrected chi connectivity index (χ2v) is 5.46. The normalized spacial score (nSPS) is 12.9. The van der Waals surface area contributed by atoms with E-state index in [4.69, 9.17) is 15.2 Å². The summed E-state index contributed by atoms with van der Waals surface area (Å²) in [5.41, 5.74) is 7.37. The lowest BCUT2D eigenvalue weighted by Gasteiger charge is -2.20. The van der Waals surface area contributed by atoms with Crippen LogP contribution in [-0.2, 0) is 11.3 Å². The van der Waals surface area contributed by atoms with Crippen LogP contribution in [0, 0.1) is 0 Å². The van der Waals surface area contributed by atoms with Gasteiger partial charge in [0.05, 0.1) is 7.11 Å². The lowest BCUT2D eigenvalue weighted by molar-refractivity contribution is 0.0171. The van der Waals surface area contributed by atoms with Gasteiger partial charge in [0.25, 0.3) is 0 Å². The molecule has 0 aliphatic heterocycles. The molecule has 0 fully saturated rings. The summed E-state index contributed by atoms with van der Waals surface area (Å²) in [6, 6.07) is 13.9. The Morgan fingerprint density at radius 2 is 1.92 bits per heavy atom. The highest BCUT2D eigenvalue weighted by atomic mass is 16.5. The Bertz CT molecular complexity index is 693. The van der Waals surface area contributed by atoms with E-state index >= 15 is 0 Å². The van der Waals surface area contributed by atoms with Crippen LogP contribution in [0.1, 0.15) is 17.2 Å². The maximum Gasteiger partial charge on any atom is 0.407 e. The Balaban J connectivity index is 1.84. The van der Waals surface area contributed by atoms with Gasteiger partial charge in [-0.3, -0.25) is 0 Å². The number of benzene rings is 2. The predicted octanol–water partition coefficient (Wildman–Crippen LogP) is 1.60. The molecule has 0 bridgehead atoms. The molecule has 5 N–H and O–H groups in total. The number of methoxy groups -OCH3 is 1. The molecule has 0 saturated heterocycles. The Morgan fingerprint density at radius 1 is 1.20 bits per heavy atom. The molecule has 0 aromatic heterocycles. The molecule has 2 unspecified atom stereocenters. The first-order valence-electron chi connectivity index (χ1n) is 7.75. The largest absolute Gasteiger partial charge is 0.496 e. The van der Waals surface area contributed by atoms with Crippen LogP contribution < -0.4 is 15.8 Å². The summed E-state index contributed by atoms with van der Waals surface area (Å²) in [5.74, 6) is 0.359. The SMILES string of the molecule is COc1cc(N)ccc1C(O)C(O)CNC(=O)OCc1ccccc1. The zero-order valence-electron chi connectivity index (χ0n) is 13.9. The van der Waals surface area contributed by atoms with Crippen LogP contribution in [0.5, 0.6) is 5.75 Å². The van der Waals surface area contributed by atoms with Crippen molar-refractivity contribution in [1.82, 2.24) is 5.32 Å². The Morgan fingerprint density at radius 3 is 2.60 bits per heavy atom. The van der Waals surface area contributed by atoms with Crippen LogP contribution in [0.4, 0.5) is 10.5 Å². The fourth-order valence-electron chi connectivity index (χ4n) is 2.25. The molecule has 2 atom stereocenters. The molecule has 7 nitrogen and oxygen atoms in total. The van der Waals surface area contributed by atoms with Crippen molar-refractivity contribution in [1.29, 1.82) is 0 Å². The molecule has 2 aromatic rings. The second kappa shape index (κ2) is 8.91. The van der Waals surface area contributed by atoms with Crippen molar-refractivity contribution in [3.05, 3.63) is 59.7 Å². The first-order chi connectivity index (χ1) is 12.0. The van der Waals surface area contributed by atoms with E-state index in [0.717, 1.165) is 5.56 Å². The smallest absolute Gasteiger partial charge is 0.407 e. The van der Waals surface area contributed by atoms with Crippen LogP contribution in [0.3, 0.4) is 0 Å². The zero-order valence-corrected chi connectivity index (χ0v) is 13.9. The van der Waals surface area contributed by atoms with E-state index in [1.54, 1.807) is 18.2 Å². The Labute approximate surface area is 146 Å². The van der Waals surface area contributed by atoms with Crippen LogP contribution in [-0.4, -0.2) is 36.1 Å². The molecule has 0 saturated carbocycles. The molecule has 2 rings (SSSR count). The summed E-state index contributed by atoms with van der Waals surface area (Å²) in [6.07, 6.45) is -3.16. The van der Waals surface area contributed by atoms with Crippen molar-refractivity contribution < 1.29 is 24.5 Å². The molecule has 25 heavy (non-hydrogen) atoms. The number of nitrogens with one attached hydrogen (secondary N) is 1. The molecule has 2 aromatic carbocycles. The number of alkyl carbamates (subject to hydrolysis) is 1. The third-order valence-electron chi connectivity index (χ3n) is 3.61. The van der Waals surface area contributed by atoms with Crippen molar-refractivity contribution in [2.24, 2.45) is 0 Å². The van der Waals surface area contributed by atoms with Gasteiger partial charge in [-0.1, -0.05) is 36.4 Å². The maximum atomic E-state index is 11.7. The molecule has 0 aliphatic rings. The number of nitrogens with two attached hydrogens (primary N) is 1. The highest BCUT2D eigenvalue weighted by Crippen LogP contribution is 2.29. The summed E-state index contributed by atoms with van der Waals surface area (Å²) in [4.78, 5) is 11.7. The second-order valence-electron chi connectivity index (χ2n) is 5.46. The Kier molecular flexibility index (Phi) is 6.62. The highest BCUT2D eigenvalue weighted by molar-refractivity contribution is 5.67. The fourth-order valence-corrected chi connectivity index (χ4v) is 2.25. The van der Waals surface area contributed by atoms with Gasteiger partial charge in [0.15, 0.2) is 0 Å². The summed E-state index contributed by atoms with van der Waals surface area (Å²) in [7, 11) is 1.44. The molecular weight excluding hydrogens is 324 g/mol. The summed E-state index contributed by atoms with van der Waals surface area (Å²) in [5, 5.41) is 22.8. The minimum Gasteiger partial charge on any atom is -0.496 e. The van der Waals surface area contributed by atoms with E-state index < -0.39 is 18.3 Å². The minimum atomic E-state index is -1.25. The number of amides is 1. The Hall–Kier alpha value is -2.77. The average Bonchev–Trinajstić information content (AvgIpc) is 2.64. The molecule has 0 spiro atoms. The number of aliphatic hydroxyl groups excluding tert-OH is 2. The number of carbonyl (C=O) groups is 1. The van der Waals surface area contributed by atoms with Crippen LogP contribution in [0.25, 0.3) is 0 Å². The van der Waals surface area contributed by atoms with E-state index in [9.17, 15) is 15.0 Å². The van der Waals surface area contributed by atoms with Gasteiger partial charge in [0.2, 0.25) is 0 Å². The van der Waals surface area contributed by atoms with Crippen LogP contribution in [0.2, 0.25) is 0 Å². The number of hydrogen-bond acceptors (Lipinski definition) is 6. The number of hydrogen-bond donors (Lipinski definition) is 4. The number of rotatable bonds is 7. The van der Waals surface area contributed by atoms with Gasteiger partial charge >= 0.3 is 6.09 Å². The number of carbonyl (C=O) groups excluding carboxylic acids is 1. The number of aliphatic hydroxyl groups is 2. The third-order valence-corrected chi connectivity index (χ3v) is 3.61. The molecule has 7 heteroatoms. The molecule has 1 amide bonds. The zero-order chi connectivity index (χ0) is 18.2. The number of ether oxygens (including phenoxy) is 2. The first-order valence-corrected chi connectivity index (χ1v) is 7.75. The number of nitrogen functional groups attached to an aromatic ring is 1. The van der Waals surface area contributed by atoms with Crippen molar-refractivity contribution in [2.75, 3.05) is 19.4 Å². The number of anilines is 1. The molecule has 134 valence electrons. The highest BCUT2D eigenvalue weighted by Gasteiger charge is 2.22. The monoisotopic (exact) mass is 346 g/mol. The molecule has 0 radical (unpaired) electrons. The van der Waals surface area contributed by atoms with Crippen molar-refractivity contribution >= 4 is 11.8 Å². The minimum absolute atomic E-state index is 0.122. The van der Waals surface area contributed by atoms with Crippen LogP contribution >= 0.6 is 0 Å². The predicted molar refractivity (Wildman–Crippen MR) is 93.0 cm³/mol. The quantitative estimate of drug-likeness (QED) is 0.566. The molecule has 0 heterocycles. The first kappa shape index (κ1) is 18.6. The van der Waals surface area contributed by atoms with Crippen LogP contribution in [0.15, 0.2) is 48.5 Å². The van der Waals surface area contributed by atoms with E-state index in [0.29, 0.717) is 17.0 Å². The average molecular weight is 346 g/mol. The maximum absolute atomic E-state index is 11.7. The lowest BCUT2D eigenvalue weighted by atomic mass is 10.0. The summed E-state index contributed by atoms with van der Waals surface area (Å²) >= 11 is 0. The van der Waals surface area contributed by atoms with E-state index in [1.807, 2.05) is 30.3 Å². The molecular formula is C18H22N2O5. The van der Waals surface area contributed by atoms with Gasteiger partial charge in [0.1, 0.15) is 24.6 Å². The van der Waals surface area contributed by atoms with Gasteiger partial charge in [0, 0.05) is 23.9 Å². The lowest BCUT2D eigenvalue weighted by Crippen LogP contribution is -2.35. The topological polar surface area (TPSA) is 114 Å². The van der Waals surface area contributed by atoms with E-state index in [-0.39, 0.29) is 13.2 Å². The van der Waals surface area contributed by atoms with Gasteiger partial charge in [-0.2, -0.15) is 0 Å². The van der Waals surface area contributed by atoms with Gasteiger partial charge in [-0.15, -0.1) is 0 Å². The van der Waals surface area contributed by atoms with Gasteiger partial charge in [-0.25, -0.2) is 4.79 Å². The third kappa shape index (κ3) is 5.37. The fraction of sp³-hybridized carbons (Fsp3) is 0.278. The summed E-state index contributed by atoms with van der Waals surface area (Å²) in [6.45, 7) is -0.0561.